The van der Waals surface area contributed by atoms with Crippen molar-refractivity contribution in [2.75, 3.05) is 32.1 Å². The number of carbonyl (C=O) groups excluding carboxylic acids is 10. The van der Waals surface area contributed by atoms with E-state index in [0.29, 0.717) is 10.6 Å². The van der Waals surface area contributed by atoms with Gasteiger partial charge in [-0.1, -0.05) is 84.5 Å². The standard InChI is InChI=1S/C83H90Cl4N14O27/c1-33(2)20-47(90-5)74(114)98-65-67(109)37-9-13-51(45(86)23-37)124-53-25-39-26-54(71(53)128-81-72(70(112)69(111)55(31-102)126-81)127-60-30-83(4,73(113)34(3)123-60)91-17-19-101-18-16-58(94-82(101)121)93-59(108)15-7-35-6-11-43(84)44(85)21-35)125-52-14-10-38(24-46(52)87)68(110)66-79(119)97-64(80(120)100-122-32-57(89)107)42-27-40(103)28-50(105)61(42)41-22-36(8-12-49(41)104)62(76(116)99-66)96-77(117)63(39)95-75(115)48(29-56(88)106)92-78(65)118/h6-16,18,21-28,33-34,47-48,55,60,62-70,72-73,81,90-91,102-105,109-113H,17,19-20,29-32H2,1-5H3,(H2,88,106)(H2,89,107)(H,92,118)(H,95,115)(H,96,117)(H,97,119)(H,98,114)(H,99,116)(H,100,120)(H,93,94,108,121). The zero-order valence-corrected chi connectivity index (χ0v) is 71.3. The summed E-state index contributed by atoms with van der Waals surface area (Å²) in [6.07, 6.45) is -15.8. The number of rotatable bonds is 23. The molecule has 1 aromatic heterocycles. The second kappa shape index (κ2) is 40.6. The molecule has 2 fully saturated rings. The first-order valence-corrected chi connectivity index (χ1v) is 41.1. The summed E-state index contributed by atoms with van der Waals surface area (Å²) in [5.41, 5.74) is 8.27. The van der Waals surface area contributed by atoms with Gasteiger partial charge in [0.15, 0.2) is 30.5 Å². The number of fused-ring (bicyclic) bond motifs is 15. The molecular formula is C83H90Cl4N14O27. The second-order valence-electron chi connectivity index (χ2n) is 31.2. The summed E-state index contributed by atoms with van der Waals surface area (Å²) in [5.74, 6) is -18.0. The van der Waals surface area contributed by atoms with Crippen LogP contribution < -0.4 is 84.7 Å². The second-order valence-corrected chi connectivity index (χ2v) is 32.8. The zero-order chi connectivity index (χ0) is 92.8. The summed E-state index contributed by atoms with van der Waals surface area (Å²) < 4.78 is 40.6. The van der Waals surface area contributed by atoms with E-state index in [1.165, 1.54) is 49.0 Å². The Labute approximate surface area is 746 Å². The van der Waals surface area contributed by atoms with Gasteiger partial charge in [-0.25, -0.2) is 10.3 Å². The number of hydrogen-bond acceptors (Lipinski definition) is 30. The van der Waals surface area contributed by atoms with Gasteiger partial charge in [0.2, 0.25) is 65.2 Å². The number of phenolic OH excluding ortho intramolecular Hbond substituents is 3. The van der Waals surface area contributed by atoms with E-state index in [4.69, 9.17) is 91.1 Å². The van der Waals surface area contributed by atoms with Gasteiger partial charge in [-0.05, 0) is 145 Å². The van der Waals surface area contributed by atoms with Gasteiger partial charge in [0.1, 0.15) is 101 Å². The van der Waals surface area contributed by atoms with Crippen LogP contribution in [0.1, 0.15) is 111 Å². The smallest absolute Gasteiger partial charge is 0.349 e. The molecule has 45 heteroatoms. The van der Waals surface area contributed by atoms with Crippen molar-refractivity contribution in [2.24, 2.45) is 17.4 Å². The highest BCUT2D eigenvalue weighted by Gasteiger charge is 2.52. The summed E-state index contributed by atoms with van der Waals surface area (Å²) in [5, 5.41) is 130. The highest BCUT2D eigenvalue weighted by molar-refractivity contribution is 6.42. The summed E-state index contributed by atoms with van der Waals surface area (Å²) >= 11 is 26.5. The first-order valence-electron chi connectivity index (χ1n) is 39.6. The third-order valence-electron chi connectivity index (χ3n) is 21.5. The number of aliphatic hydroxyl groups is 6. The van der Waals surface area contributed by atoms with Crippen molar-refractivity contribution < 1.29 is 127 Å². The predicted octanol–water partition coefficient (Wildman–Crippen LogP) is 1.40. The van der Waals surface area contributed by atoms with Crippen molar-refractivity contribution in [1.82, 2.24) is 57.6 Å². The van der Waals surface area contributed by atoms with Crippen molar-refractivity contribution in [3.8, 4) is 57.1 Å². The number of aliphatic hydroxyl groups excluding tert-OH is 6. The van der Waals surface area contributed by atoms with E-state index in [2.05, 4.69) is 52.8 Å². The fourth-order valence-electron chi connectivity index (χ4n) is 15.0. The maximum absolute atomic E-state index is 16.3. The number of hydrogen-bond donors (Lipinski definition) is 21. The van der Waals surface area contributed by atoms with Gasteiger partial charge in [-0.15, -0.1) is 0 Å². The fourth-order valence-corrected chi connectivity index (χ4v) is 15.7. The highest BCUT2D eigenvalue weighted by atomic mass is 35.5. The molecule has 10 amide bonds. The summed E-state index contributed by atoms with van der Waals surface area (Å²) in [4.78, 5) is 167. The number of aromatic nitrogens is 2. The van der Waals surface area contributed by atoms with Crippen molar-refractivity contribution in [3.05, 3.63) is 179 Å². The molecule has 7 aliphatic rings. The number of hydroxylamine groups is 1. The summed E-state index contributed by atoms with van der Waals surface area (Å²) in [7, 11) is 1.46. The number of carbonyl (C=O) groups is 10. The lowest BCUT2D eigenvalue weighted by Crippen LogP contribution is -2.65. The number of amides is 10. The molecule has 682 valence electrons. The molecule has 23 N–H and O–H groups in total. The third-order valence-corrected chi connectivity index (χ3v) is 22.8. The van der Waals surface area contributed by atoms with Crippen LogP contribution in [0.5, 0.6) is 46.0 Å². The molecule has 8 heterocycles. The molecule has 6 aromatic carbocycles. The Morgan fingerprint density at radius 3 is 1.98 bits per heavy atom. The molecule has 0 spiro atoms. The Balaban J connectivity index is 0.994. The average Bonchev–Trinajstić information content (AvgIpc) is 0.755. The molecule has 0 aliphatic carbocycles. The van der Waals surface area contributed by atoms with E-state index in [1.54, 1.807) is 39.0 Å². The molecule has 128 heavy (non-hydrogen) atoms. The Hall–Kier alpha value is -11.9. The van der Waals surface area contributed by atoms with Gasteiger partial charge in [0, 0.05) is 54.5 Å². The van der Waals surface area contributed by atoms with Crippen molar-refractivity contribution in [3.63, 3.8) is 0 Å². The molecule has 11 bridgehead atoms. The maximum atomic E-state index is 16.3. The monoisotopic (exact) mass is 1850 g/mol. The van der Waals surface area contributed by atoms with Gasteiger partial charge < -0.3 is 134 Å². The van der Waals surface area contributed by atoms with Crippen molar-refractivity contribution in [2.45, 2.75) is 163 Å². The predicted molar refractivity (Wildman–Crippen MR) is 451 cm³/mol. The number of likely N-dealkylation sites (N-methyl/N-ethyl adjacent to an activating group) is 1. The molecule has 0 saturated carbocycles. The van der Waals surface area contributed by atoms with Crippen LogP contribution >= 0.6 is 46.4 Å². The van der Waals surface area contributed by atoms with Crippen LogP contribution in [-0.4, -0.2) is 220 Å². The lowest BCUT2D eigenvalue weighted by atomic mass is 9.85. The molecule has 18 atom stereocenters. The van der Waals surface area contributed by atoms with Crippen LogP contribution in [-0.2, 0) is 73.5 Å². The largest absolute Gasteiger partial charge is 0.508 e. The van der Waals surface area contributed by atoms with E-state index in [9.17, 15) is 74.7 Å². The summed E-state index contributed by atoms with van der Waals surface area (Å²) in [6.45, 7) is 4.55. The van der Waals surface area contributed by atoms with E-state index >= 15 is 24.0 Å². The first-order chi connectivity index (χ1) is 60.7. The molecule has 14 rings (SSSR count). The lowest BCUT2D eigenvalue weighted by molar-refractivity contribution is -0.334. The number of nitrogens with zero attached hydrogens (tertiary/aromatic N) is 2. The Kier molecular flexibility index (Phi) is 30.2. The Bertz CT molecular complexity index is 5560. The minimum absolute atomic E-state index is 0.0549. The Morgan fingerprint density at radius 1 is 0.695 bits per heavy atom. The molecule has 2 saturated heterocycles. The number of ether oxygens (including phenoxy) is 6. The fraction of sp³-hybridized carbons (Fsp3) is 0.373. The van der Waals surface area contributed by atoms with E-state index in [1.807, 2.05) is 5.48 Å². The van der Waals surface area contributed by atoms with Gasteiger partial charge in [-0.3, -0.25) is 57.4 Å². The number of nitrogens with one attached hydrogen (secondary N) is 10. The number of phenols is 3. The third kappa shape index (κ3) is 21.9. The number of anilines is 1. The lowest BCUT2D eigenvalue weighted by Gasteiger charge is -2.48. The Morgan fingerprint density at radius 2 is 1.35 bits per heavy atom. The molecule has 18 unspecified atom stereocenters. The maximum Gasteiger partial charge on any atom is 0.349 e. The normalized spacial score (nSPS) is 25.6. The van der Waals surface area contributed by atoms with Crippen LogP contribution in [0.2, 0.25) is 20.1 Å². The SMILES string of the molecule is CNC(CC(C)C)C(=O)NC1C(=O)NC(CC(N)=O)C(=O)NC2C(=O)NC3C(=O)NC(C(=O)NC(C(=O)NOCC(N)=O)c4cc(O)cc(O)c4-c4cc3ccc4O)C(O)c3ccc(c(Cl)c3)Oc3cc2cc(c3OC2OC(CO)C(O)C(O)C2OC2CC(C)(NCCn3ccc(NC(=O)C=Cc4ccc(Cl)c(Cl)c4)nc3=O)C(O)C(C)O2)Oc2ccc(cc2Cl)C1O. The number of primary amides is 2. The molecular weight excluding hydrogens is 1770 g/mol. The van der Waals surface area contributed by atoms with E-state index in [-0.39, 0.29) is 53.8 Å². The van der Waals surface area contributed by atoms with E-state index < -0.39 is 277 Å². The van der Waals surface area contributed by atoms with Crippen LogP contribution in [0, 0.1) is 5.92 Å². The highest BCUT2D eigenvalue weighted by Crippen LogP contribution is 2.50. The van der Waals surface area contributed by atoms with E-state index in [0.717, 1.165) is 72.8 Å². The number of aromatic hydroxyl groups is 3. The van der Waals surface area contributed by atoms with Crippen LogP contribution in [0.25, 0.3) is 17.2 Å². The minimum atomic E-state index is -2.42. The zero-order valence-electron chi connectivity index (χ0n) is 68.3. The van der Waals surface area contributed by atoms with Gasteiger partial charge in [0.05, 0.1) is 51.4 Å². The van der Waals surface area contributed by atoms with Crippen LogP contribution in [0.4, 0.5) is 5.82 Å². The molecule has 41 nitrogen and oxygen atoms in total. The van der Waals surface area contributed by atoms with Gasteiger partial charge >= 0.3 is 5.69 Å². The van der Waals surface area contributed by atoms with Crippen LogP contribution in [0.3, 0.4) is 0 Å². The number of nitrogens with two attached hydrogens (primary N) is 2. The first kappa shape index (κ1) is 95.2. The average molecular weight is 1860 g/mol. The number of halogens is 4. The molecule has 0 radical (unpaired) electrons. The summed E-state index contributed by atoms with van der Waals surface area (Å²) in [6, 6.07) is 4.84. The topological polar surface area (TPSA) is 625 Å². The van der Waals surface area contributed by atoms with Gasteiger partial charge in [0.25, 0.3) is 5.91 Å². The van der Waals surface area contributed by atoms with Gasteiger partial charge in [-0.2, -0.15) is 4.98 Å². The molecule has 7 aliphatic heterocycles. The number of benzene rings is 6. The minimum Gasteiger partial charge on any atom is -0.508 e. The molecule has 7 aromatic rings. The van der Waals surface area contributed by atoms with Crippen molar-refractivity contribution in [1.29, 1.82) is 0 Å². The van der Waals surface area contributed by atoms with Crippen LogP contribution in [0.15, 0.2) is 120 Å². The van der Waals surface area contributed by atoms with Crippen molar-refractivity contribution >= 4 is 117 Å². The quantitative estimate of drug-likeness (QED) is 0.0318.